The van der Waals surface area contributed by atoms with E-state index in [4.69, 9.17) is 11.6 Å². The highest BCUT2D eigenvalue weighted by Crippen LogP contribution is 2.16. The molecule has 2 atom stereocenters. The van der Waals surface area contributed by atoms with E-state index in [1.807, 2.05) is 13.8 Å². The summed E-state index contributed by atoms with van der Waals surface area (Å²) >= 11 is 8.98. The number of alkyl halides is 1. The predicted molar refractivity (Wildman–Crippen MR) is 71.3 cm³/mol. The van der Waals surface area contributed by atoms with Gasteiger partial charge in [-0.05, 0) is 31.0 Å². The Morgan fingerprint density at radius 1 is 1.53 bits per heavy atom. The summed E-state index contributed by atoms with van der Waals surface area (Å²) in [4.78, 5) is 11.8. The van der Waals surface area contributed by atoms with Crippen molar-refractivity contribution in [2.24, 2.45) is 5.92 Å². The van der Waals surface area contributed by atoms with Crippen molar-refractivity contribution in [2.45, 2.75) is 19.9 Å². The molecule has 0 aliphatic carbocycles. The molecular weight excluding hydrogens is 308 g/mol. The molecule has 1 rings (SSSR count). The summed E-state index contributed by atoms with van der Waals surface area (Å²) in [5, 5.41) is 3.60. The van der Waals surface area contributed by atoms with Gasteiger partial charge in [-0.2, -0.15) is 0 Å². The average Bonchev–Trinajstić information content (AvgIpc) is 2.31. The van der Waals surface area contributed by atoms with Crippen LogP contribution in [0.4, 0.5) is 4.39 Å². The maximum Gasteiger partial charge on any atom is 0.251 e. The fraction of sp³-hybridized carbons (Fsp3) is 0.417. The number of carbonyl (C=O) groups is 1. The Labute approximate surface area is 114 Å². The van der Waals surface area contributed by atoms with E-state index < -0.39 is 5.82 Å². The second kappa shape index (κ2) is 6.36. The molecule has 0 aliphatic heterocycles. The van der Waals surface area contributed by atoms with Crippen LogP contribution in [0.2, 0.25) is 5.02 Å². The van der Waals surface area contributed by atoms with Crippen molar-refractivity contribution in [3.05, 3.63) is 34.6 Å². The van der Waals surface area contributed by atoms with Crippen LogP contribution in [-0.2, 0) is 0 Å². The third kappa shape index (κ3) is 3.96. The summed E-state index contributed by atoms with van der Waals surface area (Å²) in [7, 11) is 0. The van der Waals surface area contributed by atoms with Crippen LogP contribution in [0.3, 0.4) is 0 Å². The van der Waals surface area contributed by atoms with Crippen molar-refractivity contribution in [1.82, 2.24) is 5.32 Å². The predicted octanol–water partition coefficient (Wildman–Crippen LogP) is 3.63. The van der Waals surface area contributed by atoms with Gasteiger partial charge in [-0.1, -0.05) is 34.5 Å². The fourth-order valence-electron chi connectivity index (χ4n) is 1.20. The first-order chi connectivity index (χ1) is 7.95. The molecule has 2 unspecified atom stereocenters. The standard InChI is InChI=1S/C12H14BrClFNO/c1-7(6-13)8(2)16-12(17)9-3-4-11(15)10(14)5-9/h3-5,7-8H,6H2,1-2H3,(H,16,17). The average molecular weight is 323 g/mol. The molecule has 1 aromatic carbocycles. The van der Waals surface area contributed by atoms with Gasteiger partial charge in [0.2, 0.25) is 0 Å². The first-order valence-corrected chi connectivity index (χ1v) is 6.77. The van der Waals surface area contributed by atoms with Crippen LogP contribution in [0.15, 0.2) is 18.2 Å². The minimum atomic E-state index is -0.523. The van der Waals surface area contributed by atoms with E-state index >= 15 is 0 Å². The third-order valence-corrected chi connectivity index (χ3v) is 3.95. The van der Waals surface area contributed by atoms with E-state index in [2.05, 4.69) is 21.2 Å². The summed E-state index contributed by atoms with van der Waals surface area (Å²) in [6, 6.07) is 3.97. The molecule has 0 fully saturated rings. The van der Waals surface area contributed by atoms with Gasteiger partial charge < -0.3 is 5.32 Å². The van der Waals surface area contributed by atoms with Gasteiger partial charge in [0.05, 0.1) is 5.02 Å². The first-order valence-electron chi connectivity index (χ1n) is 5.27. The quantitative estimate of drug-likeness (QED) is 0.843. The van der Waals surface area contributed by atoms with Crippen molar-refractivity contribution in [3.8, 4) is 0 Å². The summed E-state index contributed by atoms with van der Waals surface area (Å²) < 4.78 is 12.9. The molecule has 1 amide bonds. The van der Waals surface area contributed by atoms with Crippen LogP contribution in [0, 0.1) is 11.7 Å². The van der Waals surface area contributed by atoms with E-state index in [0.717, 1.165) is 5.33 Å². The van der Waals surface area contributed by atoms with Crippen molar-refractivity contribution < 1.29 is 9.18 Å². The van der Waals surface area contributed by atoms with Gasteiger partial charge in [-0.25, -0.2) is 4.39 Å². The Kier molecular flexibility index (Phi) is 5.40. The highest BCUT2D eigenvalue weighted by Gasteiger charge is 2.15. The van der Waals surface area contributed by atoms with E-state index in [-0.39, 0.29) is 17.0 Å². The molecule has 0 radical (unpaired) electrons. The molecule has 17 heavy (non-hydrogen) atoms. The number of benzene rings is 1. The van der Waals surface area contributed by atoms with Gasteiger partial charge in [0.25, 0.3) is 5.91 Å². The highest BCUT2D eigenvalue weighted by molar-refractivity contribution is 9.09. The second-order valence-corrected chi connectivity index (χ2v) is 5.08. The van der Waals surface area contributed by atoms with E-state index in [1.54, 1.807) is 0 Å². The fourth-order valence-corrected chi connectivity index (χ4v) is 1.94. The van der Waals surface area contributed by atoms with Crippen molar-refractivity contribution in [2.75, 3.05) is 5.33 Å². The molecule has 0 aliphatic rings. The lowest BCUT2D eigenvalue weighted by molar-refractivity contribution is 0.0931. The van der Waals surface area contributed by atoms with Crippen molar-refractivity contribution in [3.63, 3.8) is 0 Å². The lowest BCUT2D eigenvalue weighted by Crippen LogP contribution is -2.37. The number of rotatable bonds is 4. The van der Waals surface area contributed by atoms with Crippen LogP contribution >= 0.6 is 27.5 Å². The Morgan fingerprint density at radius 2 is 2.18 bits per heavy atom. The number of halogens is 3. The van der Waals surface area contributed by atoms with Gasteiger partial charge in [0.15, 0.2) is 0 Å². The van der Waals surface area contributed by atoms with E-state index in [0.29, 0.717) is 11.5 Å². The number of hydrogen-bond donors (Lipinski definition) is 1. The van der Waals surface area contributed by atoms with Gasteiger partial charge in [0.1, 0.15) is 5.82 Å². The van der Waals surface area contributed by atoms with Gasteiger partial charge >= 0.3 is 0 Å². The maximum absolute atomic E-state index is 12.9. The Morgan fingerprint density at radius 3 is 2.71 bits per heavy atom. The largest absolute Gasteiger partial charge is 0.349 e. The zero-order chi connectivity index (χ0) is 13.0. The van der Waals surface area contributed by atoms with Gasteiger partial charge in [0, 0.05) is 16.9 Å². The molecule has 2 nitrogen and oxygen atoms in total. The molecule has 5 heteroatoms. The molecule has 94 valence electrons. The lowest BCUT2D eigenvalue weighted by atomic mass is 10.1. The van der Waals surface area contributed by atoms with Crippen LogP contribution in [-0.4, -0.2) is 17.3 Å². The Hall–Kier alpha value is -0.610. The number of nitrogens with one attached hydrogen (secondary N) is 1. The second-order valence-electron chi connectivity index (χ2n) is 4.02. The normalized spacial score (nSPS) is 14.2. The molecule has 0 saturated heterocycles. The van der Waals surface area contributed by atoms with Gasteiger partial charge in [-0.3, -0.25) is 4.79 Å². The first kappa shape index (κ1) is 14.5. The minimum absolute atomic E-state index is 0.0331. The molecular formula is C12H14BrClFNO. The summed E-state index contributed by atoms with van der Waals surface area (Å²) in [5.41, 5.74) is 0.366. The zero-order valence-electron chi connectivity index (χ0n) is 9.64. The Balaban J connectivity index is 2.73. The van der Waals surface area contributed by atoms with Gasteiger partial charge in [-0.15, -0.1) is 0 Å². The Bertz CT molecular complexity index is 413. The number of amides is 1. The van der Waals surface area contributed by atoms with Crippen molar-refractivity contribution >= 4 is 33.4 Å². The molecule has 0 aromatic heterocycles. The minimum Gasteiger partial charge on any atom is -0.349 e. The summed E-state index contributed by atoms with van der Waals surface area (Å²) in [6.07, 6.45) is 0. The summed E-state index contributed by atoms with van der Waals surface area (Å²) in [5.74, 6) is -0.452. The zero-order valence-corrected chi connectivity index (χ0v) is 12.0. The van der Waals surface area contributed by atoms with Crippen LogP contribution < -0.4 is 5.32 Å². The van der Waals surface area contributed by atoms with E-state index in [9.17, 15) is 9.18 Å². The molecule has 0 saturated carbocycles. The number of carbonyl (C=O) groups excluding carboxylic acids is 1. The highest BCUT2D eigenvalue weighted by atomic mass is 79.9. The molecule has 0 bridgehead atoms. The maximum atomic E-state index is 12.9. The number of hydrogen-bond acceptors (Lipinski definition) is 1. The monoisotopic (exact) mass is 321 g/mol. The summed E-state index contributed by atoms with van der Waals surface area (Å²) in [6.45, 7) is 3.95. The molecule has 0 heterocycles. The van der Waals surface area contributed by atoms with Crippen molar-refractivity contribution in [1.29, 1.82) is 0 Å². The molecule has 1 N–H and O–H groups in total. The van der Waals surface area contributed by atoms with E-state index in [1.165, 1.54) is 18.2 Å². The molecule has 1 aromatic rings. The smallest absolute Gasteiger partial charge is 0.251 e. The lowest BCUT2D eigenvalue weighted by Gasteiger charge is -2.19. The molecule has 0 spiro atoms. The van der Waals surface area contributed by atoms with Crippen LogP contribution in [0.25, 0.3) is 0 Å². The topological polar surface area (TPSA) is 29.1 Å². The van der Waals surface area contributed by atoms with Crippen LogP contribution in [0.1, 0.15) is 24.2 Å². The SMILES string of the molecule is CC(CBr)C(C)NC(=O)c1ccc(F)c(Cl)c1. The van der Waals surface area contributed by atoms with Crippen LogP contribution in [0.5, 0.6) is 0 Å². The third-order valence-electron chi connectivity index (χ3n) is 2.64.